The summed E-state index contributed by atoms with van der Waals surface area (Å²) in [5, 5.41) is 14.5. The molecule has 5 heterocycles. The Morgan fingerprint density at radius 3 is 2.73 bits per heavy atom. The molecular formula is C38H37F2N5O6. The molecule has 1 saturated carbocycles. The van der Waals surface area contributed by atoms with Gasteiger partial charge >= 0.3 is 0 Å². The van der Waals surface area contributed by atoms with E-state index in [1.807, 2.05) is 4.90 Å². The summed E-state index contributed by atoms with van der Waals surface area (Å²) >= 11 is 0. The van der Waals surface area contributed by atoms with Gasteiger partial charge in [-0.25, -0.2) is 13.8 Å². The Bertz CT molecular complexity index is 2090. The van der Waals surface area contributed by atoms with Gasteiger partial charge in [0, 0.05) is 60.7 Å². The lowest BCUT2D eigenvalue weighted by Crippen LogP contribution is -2.47. The van der Waals surface area contributed by atoms with E-state index in [-0.39, 0.29) is 70.0 Å². The van der Waals surface area contributed by atoms with E-state index in [4.69, 9.17) is 30.4 Å². The number of carbonyl (C=O) groups is 1. The lowest BCUT2D eigenvalue weighted by Gasteiger charge is -2.38. The summed E-state index contributed by atoms with van der Waals surface area (Å²) in [5.41, 5.74) is 0.186. The monoisotopic (exact) mass is 697 g/mol. The van der Waals surface area contributed by atoms with E-state index in [1.165, 1.54) is 36.5 Å². The third-order valence-electron chi connectivity index (χ3n) is 10.3. The average Bonchev–Trinajstić information content (AvgIpc) is 3.95. The molecule has 4 aromatic rings. The van der Waals surface area contributed by atoms with Crippen molar-refractivity contribution in [3.05, 3.63) is 60.3 Å². The van der Waals surface area contributed by atoms with Crippen molar-refractivity contribution in [2.45, 2.75) is 25.0 Å². The number of rotatable bonds is 7. The molecule has 4 aliphatic rings. The van der Waals surface area contributed by atoms with Crippen LogP contribution in [-0.4, -0.2) is 104 Å². The molecule has 2 atom stereocenters. The second-order valence-corrected chi connectivity index (χ2v) is 13.5. The predicted molar refractivity (Wildman–Crippen MR) is 186 cm³/mol. The summed E-state index contributed by atoms with van der Waals surface area (Å²) in [6, 6.07) is 5.02. The maximum atomic E-state index is 17.1. The number of fused-ring (bicyclic) bond motifs is 3. The van der Waals surface area contributed by atoms with Gasteiger partial charge in [0.05, 0.1) is 43.7 Å². The van der Waals surface area contributed by atoms with Gasteiger partial charge in [0.15, 0.2) is 5.82 Å². The average molecular weight is 698 g/mol. The van der Waals surface area contributed by atoms with E-state index < -0.39 is 17.7 Å². The summed E-state index contributed by atoms with van der Waals surface area (Å²) in [6.07, 6.45) is 10.0. The topological polar surface area (TPSA) is 119 Å². The SMILES string of the molecule is C#Cc1c(F)ccc2cc(O)cc(-c3ncc4c(N5CCOC[C@H](NC(=O)C=C)C5)c5c(nc4c3F)O[C@@H](C3(CN4CCOCC4)CC3)CO5)c12. The lowest BCUT2D eigenvalue weighted by molar-refractivity contribution is -0.117. The number of phenolic OH excluding ortho intramolecular Hbond substituents is 1. The van der Waals surface area contributed by atoms with Gasteiger partial charge in [0.25, 0.3) is 5.88 Å². The Balaban J connectivity index is 1.27. The molecule has 13 heteroatoms. The number of benzene rings is 2. The number of ether oxygens (including phenoxy) is 4. The van der Waals surface area contributed by atoms with Crippen LogP contribution < -0.4 is 19.7 Å². The number of pyridine rings is 2. The van der Waals surface area contributed by atoms with E-state index in [0.717, 1.165) is 32.5 Å². The van der Waals surface area contributed by atoms with Crippen molar-refractivity contribution in [1.82, 2.24) is 20.2 Å². The minimum atomic E-state index is -0.807. The molecule has 2 saturated heterocycles. The molecule has 1 amide bonds. The predicted octanol–water partition coefficient (Wildman–Crippen LogP) is 4.17. The lowest BCUT2D eigenvalue weighted by atomic mass is 9.95. The molecule has 2 aromatic carbocycles. The standard InChI is InChI=1S/C38H37F2N5O6/c1-3-25-28(39)6-5-22-15-24(46)16-26(31(22)25)33-32(40)34-27(17-41-33)35(45-11-14-49-19-23(18-45)42-30(47)4-2)36-37(43-34)51-29(20-50-36)38(7-8-38)21-44-9-12-48-13-10-44/h1,4-6,15-17,23,29,46H,2,7-14,18-21H2,(H,42,47)/t23-,29-/m1/s1. The van der Waals surface area contributed by atoms with Gasteiger partial charge in [-0.1, -0.05) is 18.6 Å². The number of phenols is 1. The second kappa shape index (κ2) is 13.3. The first-order chi connectivity index (χ1) is 24.8. The number of amides is 1. The van der Waals surface area contributed by atoms with Gasteiger partial charge in [0.1, 0.15) is 35.5 Å². The Labute approximate surface area is 293 Å². The van der Waals surface area contributed by atoms with Crippen LogP contribution in [0.15, 0.2) is 43.1 Å². The first kappa shape index (κ1) is 33.1. The molecule has 0 unspecified atom stereocenters. The highest BCUT2D eigenvalue weighted by atomic mass is 19.1. The van der Waals surface area contributed by atoms with E-state index in [9.17, 15) is 14.3 Å². The summed E-state index contributed by atoms with van der Waals surface area (Å²) < 4.78 is 56.7. The van der Waals surface area contributed by atoms with Crippen LogP contribution in [0, 0.1) is 29.4 Å². The highest BCUT2D eigenvalue weighted by molar-refractivity contribution is 6.04. The quantitative estimate of drug-likeness (QED) is 0.215. The molecule has 11 nitrogen and oxygen atoms in total. The number of anilines is 1. The number of aromatic nitrogens is 2. The van der Waals surface area contributed by atoms with Crippen molar-refractivity contribution in [3.8, 4) is 41.0 Å². The highest BCUT2D eigenvalue weighted by Crippen LogP contribution is 2.54. The van der Waals surface area contributed by atoms with Gasteiger partial charge in [-0.3, -0.25) is 14.7 Å². The second-order valence-electron chi connectivity index (χ2n) is 13.5. The molecule has 264 valence electrons. The minimum absolute atomic E-state index is 0.0528. The first-order valence-corrected chi connectivity index (χ1v) is 17.1. The Morgan fingerprint density at radius 1 is 1.16 bits per heavy atom. The molecule has 3 fully saturated rings. The van der Waals surface area contributed by atoms with Crippen LogP contribution in [0.5, 0.6) is 17.4 Å². The Kier molecular flexibility index (Phi) is 8.62. The zero-order valence-corrected chi connectivity index (χ0v) is 27.9. The van der Waals surface area contributed by atoms with Crippen LogP contribution in [0.4, 0.5) is 14.5 Å². The van der Waals surface area contributed by atoms with Gasteiger partial charge in [0.2, 0.25) is 11.7 Å². The fraction of sp³-hybridized carbons (Fsp3) is 0.395. The number of nitrogens with one attached hydrogen (secondary N) is 1. The molecule has 0 bridgehead atoms. The van der Waals surface area contributed by atoms with E-state index in [1.54, 1.807) is 0 Å². The van der Waals surface area contributed by atoms with E-state index >= 15 is 4.39 Å². The summed E-state index contributed by atoms with van der Waals surface area (Å²) in [7, 11) is 0. The minimum Gasteiger partial charge on any atom is -0.508 e. The van der Waals surface area contributed by atoms with Crippen molar-refractivity contribution in [2.75, 3.05) is 70.7 Å². The van der Waals surface area contributed by atoms with E-state index in [2.05, 4.69) is 27.7 Å². The normalized spacial score (nSPS) is 21.5. The summed E-state index contributed by atoms with van der Waals surface area (Å²) in [6.45, 7) is 9.02. The third-order valence-corrected chi connectivity index (χ3v) is 10.3. The number of hydrogen-bond acceptors (Lipinski definition) is 10. The molecule has 1 aliphatic carbocycles. The smallest absolute Gasteiger partial charge is 0.260 e. The maximum Gasteiger partial charge on any atom is 0.260 e. The molecule has 2 N–H and O–H groups in total. The Hall–Kier alpha value is -5.03. The van der Waals surface area contributed by atoms with Gasteiger partial charge in [-0.2, -0.15) is 0 Å². The van der Waals surface area contributed by atoms with Crippen molar-refractivity contribution in [2.24, 2.45) is 5.41 Å². The summed E-state index contributed by atoms with van der Waals surface area (Å²) in [5.74, 6) is 0.897. The molecule has 3 aliphatic heterocycles. The summed E-state index contributed by atoms with van der Waals surface area (Å²) in [4.78, 5) is 25.9. The molecule has 2 aromatic heterocycles. The molecule has 51 heavy (non-hydrogen) atoms. The van der Waals surface area contributed by atoms with Crippen molar-refractivity contribution in [3.63, 3.8) is 0 Å². The number of morpholine rings is 1. The van der Waals surface area contributed by atoms with Crippen LogP contribution in [0.25, 0.3) is 32.9 Å². The molecule has 0 spiro atoms. The van der Waals surface area contributed by atoms with Crippen LogP contribution >= 0.6 is 0 Å². The number of hydrogen-bond donors (Lipinski definition) is 2. The number of terminal acetylenes is 1. The van der Waals surface area contributed by atoms with Crippen LogP contribution in [0.3, 0.4) is 0 Å². The zero-order valence-electron chi connectivity index (χ0n) is 27.9. The first-order valence-electron chi connectivity index (χ1n) is 17.1. The van der Waals surface area contributed by atoms with Crippen molar-refractivity contribution >= 4 is 33.3 Å². The zero-order chi connectivity index (χ0) is 35.3. The number of halogens is 2. The number of aromatic hydroxyl groups is 1. The van der Waals surface area contributed by atoms with Crippen LogP contribution in [-0.2, 0) is 14.3 Å². The van der Waals surface area contributed by atoms with Crippen LogP contribution in [0.2, 0.25) is 0 Å². The largest absolute Gasteiger partial charge is 0.508 e. The highest BCUT2D eigenvalue weighted by Gasteiger charge is 2.54. The molecular weight excluding hydrogens is 660 g/mol. The van der Waals surface area contributed by atoms with Crippen LogP contribution in [0.1, 0.15) is 18.4 Å². The maximum absolute atomic E-state index is 17.1. The van der Waals surface area contributed by atoms with Crippen molar-refractivity contribution < 1.29 is 37.6 Å². The fourth-order valence-electron chi connectivity index (χ4n) is 7.54. The van der Waals surface area contributed by atoms with Crippen molar-refractivity contribution in [1.29, 1.82) is 0 Å². The fourth-order valence-corrected chi connectivity index (χ4v) is 7.54. The van der Waals surface area contributed by atoms with Gasteiger partial charge in [-0.15, -0.1) is 6.42 Å². The number of carbonyl (C=O) groups excluding carboxylic acids is 1. The molecule has 8 rings (SSSR count). The Morgan fingerprint density at radius 2 is 1.96 bits per heavy atom. The van der Waals surface area contributed by atoms with Gasteiger partial charge in [-0.05, 0) is 42.5 Å². The molecule has 0 radical (unpaired) electrons. The van der Waals surface area contributed by atoms with E-state index in [0.29, 0.717) is 55.1 Å². The third kappa shape index (κ3) is 6.07. The van der Waals surface area contributed by atoms with Gasteiger partial charge < -0.3 is 34.3 Å². The number of nitrogens with zero attached hydrogens (tertiary/aromatic N) is 4.